The number of Topliss-reactive ketones (excluding diaryl/α,β-unsaturated/α-hetero) is 1. The number of esters is 1. The van der Waals surface area contributed by atoms with E-state index in [-0.39, 0.29) is 46.3 Å². The summed E-state index contributed by atoms with van der Waals surface area (Å²) in [6.07, 6.45) is 4.12. The normalized spacial score (nSPS) is 42.9. The van der Waals surface area contributed by atoms with Gasteiger partial charge in [0, 0.05) is 19.2 Å². The van der Waals surface area contributed by atoms with E-state index < -0.39 is 35.0 Å². The molecule has 3 fully saturated rings. The lowest BCUT2D eigenvalue weighted by atomic mass is 9.59. The molecule has 200 valence electrons. The second-order valence-corrected chi connectivity index (χ2v) is 13.2. The number of hydrogen-bond acceptors (Lipinski definition) is 7. The van der Waals surface area contributed by atoms with Crippen LogP contribution in [0.5, 0.6) is 0 Å². The molecule has 8 nitrogen and oxygen atoms in total. The molecule has 1 aromatic rings. The number of fused-ring (bicyclic) bond motifs is 5. The molecule has 6 rings (SSSR count). The first-order valence-corrected chi connectivity index (χ1v) is 13.4. The molecule has 2 bridgehead atoms. The fourth-order valence-electron chi connectivity index (χ4n) is 8.06. The van der Waals surface area contributed by atoms with Crippen LogP contribution < -0.4 is 0 Å². The Hall–Kier alpha value is -2.00. The minimum atomic E-state index is -1.87. The van der Waals surface area contributed by atoms with Crippen molar-refractivity contribution in [3.05, 3.63) is 40.2 Å². The van der Waals surface area contributed by atoms with E-state index in [9.17, 15) is 14.7 Å². The second-order valence-electron chi connectivity index (χ2n) is 12.8. The van der Waals surface area contributed by atoms with E-state index in [1.807, 2.05) is 19.1 Å². The number of rotatable bonds is 2. The van der Waals surface area contributed by atoms with Crippen molar-refractivity contribution >= 4 is 23.4 Å². The second kappa shape index (κ2) is 7.56. The number of allylic oxidation sites excluding steroid dienone is 1. The average molecular weight is 531 g/mol. The van der Waals surface area contributed by atoms with E-state index in [0.717, 1.165) is 12.0 Å². The molecule has 0 radical (unpaired) electrons. The Morgan fingerprint density at radius 1 is 1.30 bits per heavy atom. The van der Waals surface area contributed by atoms with Gasteiger partial charge in [-0.15, -0.1) is 0 Å². The van der Waals surface area contributed by atoms with Gasteiger partial charge in [-0.2, -0.15) is 5.10 Å². The summed E-state index contributed by atoms with van der Waals surface area (Å²) in [6.45, 7) is 12.1. The van der Waals surface area contributed by atoms with E-state index in [4.69, 9.17) is 25.8 Å². The van der Waals surface area contributed by atoms with Crippen molar-refractivity contribution in [2.45, 2.75) is 71.6 Å². The Bertz CT molecular complexity index is 1280. The van der Waals surface area contributed by atoms with Gasteiger partial charge in [-0.25, -0.2) is 4.79 Å². The van der Waals surface area contributed by atoms with Crippen LogP contribution >= 0.6 is 11.6 Å². The topological polar surface area (TPSA) is 99.9 Å². The summed E-state index contributed by atoms with van der Waals surface area (Å²) >= 11 is 6.24. The SMILES string of the molecule is CC1=CC23C(=O)[C@@H](C=C4COC(C)(C)O[C@H]4[C@]2(O)[C@H]1OC(=O)c1nn(C)cc1Cl)[C@H]1[C@@H](CC3C)C1(C)C. The van der Waals surface area contributed by atoms with Gasteiger partial charge in [-0.1, -0.05) is 44.5 Å². The Morgan fingerprint density at radius 3 is 2.65 bits per heavy atom. The third-order valence-corrected chi connectivity index (χ3v) is 10.1. The molecule has 8 atom stereocenters. The number of hydrogen-bond donors (Lipinski definition) is 1. The fraction of sp³-hybridized carbons (Fsp3) is 0.679. The molecular formula is C28H35ClN2O6. The molecule has 37 heavy (non-hydrogen) atoms. The van der Waals surface area contributed by atoms with Gasteiger partial charge in [0.15, 0.2) is 29.0 Å². The number of carbonyl (C=O) groups excluding carboxylic acids is 2. The molecule has 0 aromatic carbocycles. The zero-order chi connectivity index (χ0) is 26.9. The highest BCUT2D eigenvalue weighted by Gasteiger charge is 2.77. The van der Waals surface area contributed by atoms with Crippen molar-refractivity contribution in [3.63, 3.8) is 0 Å². The highest BCUT2D eigenvalue weighted by molar-refractivity contribution is 6.33. The van der Waals surface area contributed by atoms with E-state index in [1.54, 1.807) is 27.8 Å². The van der Waals surface area contributed by atoms with Crippen LogP contribution in [0.4, 0.5) is 0 Å². The largest absolute Gasteiger partial charge is 0.450 e. The maximum absolute atomic E-state index is 14.7. The molecular weight excluding hydrogens is 496 g/mol. The zero-order valence-electron chi connectivity index (χ0n) is 22.4. The summed E-state index contributed by atoms with van der Waals surface area (Å²) < 4.78 is 19.9. The molecule has 0 amide bonds. The number of ether oxygens (including phenoxy) is 3. The lowest BCUT2D eigenvalue weighted by Crippen LogP contribution is -2.68. The van der Waals surface area contributed by atoms with Crippen molar-refractivity contribution in [2.24, 2.45) is 41.5 Å². The Balaban J connectivity index is 1.52. The number of halogens is 1. The minimum absolute atomic E-state index is 0.0276. The van der Waals surface area contributed by atoms with E-state index in [2.05, 4.69) is 18.9 Å². The summed E-state index contributed by atoms with van der Waals surface area (Å²) in [6, 6.07) is 0. The van der Waals surface area contributed by atoms with Gasteiger partial charge >= 0.3 is 5.97 Å². The number of aryl methyl sites for hydroxylation is 1. The van der Waals surface area contributed by atoms with Gasteiger partial charge < -0.3 is 19.3 Å². The summed E-state index contributed by atoms with van der Waals surface area (Å²) in [5, 5.41) is 17.3. The van der Waals surface area contributed by atoms with Gasteiger partial charge in [0.2, 0.25) is 0 Å². The summed E-state index contributed by atoms with van der Waals surface area (Å²) in [4.78, 5) is 28.0. The van der Waals surface area contributed by atoms with Crippen LogP contribution in [0.1, 0.15) is 58.5 Å². The van der Waals surface area contributed by atoms with Crippen molar-refractivity contribution in [3.8, 4) is 0 Å². The molecule has 1 aliphatic heterocycles. The van der Waals surface area contributed by atoms with E-state index in [1.165, 1.54) is 10.9 Å². The monoisotopic (exact) mass is 530 g/mol. The number of nitrogens with zero attached hydrogens (tertiary/aromatic N) is 2. The quantitative estimate of drug-likeness (QED) is 0.457. The highest BCUT2D eigenvalue weighted by atomic mass is 35.5. The molecule has 1 spiro atoms. The van der Waals surface area contributed by atoms with Crippen LogP contribution in [-0.2, 0) is 26.1 Å². The van der Waals surface area contributed by atoms with Crippen molar-refractivity contribution in [1.29, 1.82) is 0 Å². The van der Waals surface area contributed by atoms with Gasteiger partial charge in [0.25, 0.3) is 0 Å². The van der Waals surface area contributed by atoms with Crippen LogP contribution in [0, 0.1) is 34.5 Å². The number of aromatic nitrogens is 2. The Morgan fingerprint density at radius 2 is 2.00 bits per heavy atom. The van der Waals surface area contributed by atoms with Gasteiger partial charge in [0.1, 0.15) is 6.10 Å². The summed E-state index contributed by atoms with van der Waals surface area (Å²) in [7, 11) is 1.66. The van der Waals surface area contributed by atoms with Crippen LogP contribution in [0.3, 0.4) is 0 Å². The zero-order valence-corrected chi connectivity index (χ0v) is 23.1. The van der Waals surface area contributed by atoms with Crippen LogP contribution in [0.2, 0.25) is 5.02 Å². The Kier molecular flexibility index (Phi) is 5.16. The molecule has 1 saturated heterocycles. The first-order chi connectivity index (χ1) is 17.1. The Labute approximate surface area is 222 Å². The van der Waals surface area contributed by atoms with Crippen molar-refractivity contribution < 1.29 is 28.9 Å². The molecule has 4 aliphatic carbocycles. The lowest BCUT2D eigenvalue weighted by Gasteiger charge is -2.52. The molecule has 5 aliphatic rings. The van der Waals surface area contributed by atoms with Crippen LogP contribution in [0.15, 0.2) is 29.5 Å². The highest BCUT2D eigenvalue weighted by Crippen LogP contribution is 2.72. The average Bonchev–Trinajstić information content (AvgIpc) is 3.08. The lowest BCUT2D eigenvalue weighted by molar-refractivity contribution is -0.302. The predicted molar refractivity (Wildman–Crippen MR) is 135 cm³/mol. The molecule has 9 heteroatoms. The standard InChI is InChI=1S/C28H35ClN2O6/c1-13-10-27-14(2)8-17-19(25(17,3)4)16(21(27)32)9-15-12-35-26(5,6)37-23(15)28(27,34)22(13)36-24(33)20-18(29)11-31(7)30-20/h9-11,14,16-17,19,22-23,34H,8,12H2,1-7H3/t14?,16-,17+,19-,22-,23+,27?,28+/m0/s1. The third kappa shape index (κ3) is 3.16. The predicted octanol–water partition coefficient (Wildman–Crippen LogP) is 3.87. The molecule has 2 saturated carbocycles. The van der Waals surface area contributed by atoms with Crippen molar-refractivity contribution in [1.82, 2.24) is 9.78 Å². The van der Waals surface area contributed by atoms with Gasteiger partial charge in [-0.3, -0.25) is 9.48 Å². The molecule has 1 N–H and O–H groups in total. The first kappa shape index (κ1) is 25.3. The molecule has 2 unspecified atom stereocenters. The fourth-order valence-corrected chi connectivity index (χ4v) is 8.32. The summed E-state index contributed by atoms with van der Waals surface area (Å²) in [5.74, 6) is -1.84. The minimum Gasteiger partial charge on any atom is -0.450 e. The smallest absolute Gasteiger partial charge is 0.361 e. The maximum atomic E-state index is 14.7. The number of ketones is 1. The van der Waals surface area contributed by atoms with Crippen LogP contribution in [-0.4, -0.2) is 56.8 Å². The van der Waals surface area contributed by atoms with Crippen LogP contribution in [0.25, 0.3) is 0 Å². The van der Waals surface area contributed by atoms with E-state index in [0.29, 0.717) is 11.5 Å². The van der Waals surface area contributed by atoms with E-state index >= 15 is 0 Å². The number of aliphatic hydroxyl groups is 1. The van der Waals surface area contributed by atoms with Gasteiger partial charge in [0.05, 0.1) is 17.0 Å². The third-order valence-electron chi connectivity index (χ3n) is 9.87. The van der Waals surface area contributed by atoms with Gasteiger partial charge in [-0.05, 0) is 61.5 Å². The summed E-state index contributed by atoms with van der Waals surface area (Å²) in [5.41, 5.74) is -1.84. The first-order valence-electron chi connectivity index (χ1n) is 13.0. The maximum Gasteiger partial charge on any atom is 0.361 e. The molecule has 1 aromatic heterocycles. The molecule has 2 heterocycles. The van der Waals surface area contributed by atoms with Crippen molar-refractivity contribution in [2.75, 3.05) is 6.61 Å². The number of carbonyl (C=O) groups is 2.